The number of amidine groups is 1. The van der Waals surface area contributed by atoms with E-state index in [9.17, 15) is 4.79 Å². The van der Waals surface area contributed by atoms with E-state index in [2.05, 4.69) is 10.1 Å². The number of aromatic nitrogens is 1. The third kappa shape index (κ3) is 1.96. The van der Waals surface area contributed by atoms with Crippen molar-refractivity contribution in [2.45, 2.75) is 0 Å². The molecule has 0 radical (unpaired) electrons. The van der Waals surface area contributed by atoms with Gasteiger partial charge in [0.05, 0.1) is 0 Å². The number of nitrogens with zero attached hydrogens (tertiary/aromatic N) is 2. The van der Waals surface area contributed by atoms with Crippen molar-refractivity contribution in [3.63, 3.8) is 0 Å². The minimum atomic E-state index is -0.432. The first-order chi connectivity index (χ1) is 6.69. The van der Waals surface area contributed by atoms with E-state index in [-0.39, 0.29) is 5.84 Å². The Hall–Kier alpha value is -2.15. The molecule has 1 rings (SSSR count). The fourth-order valence-electron chi connectivity index (χ4n) is 0.861. The largest absolute Gasteiger partial charge is 0.380 e. The predicted molar refractivity (Wildman–Crippen MR) is 50.8 cm³/mol. The van der Waals surface area contributed by atoms with Crippen LogP contribution < -0.4 is 22.8 Å². The summed E-state index contributed by atoms with van der Waals surface area (Å²) >= 11 is 0. The minimum Gasteiger partial charge on any atom is -0.380 e. The fraction of sp³-hybridized carbons (Fsp3) is 0. The topological polar surface area (TPSA) is 132 Å². The van der Waals surface area contributed by atoms with Gasteiger partial charge in [-0.15, -0.1) is 0 Å². The Balaban J connectivity index is 3.07. The second kappa shape index (κ2) is 4.19. The van der Waals surface area contributed by atoms with Gasteiger partial charge in [-0.05, 0) is 12.1 Å². The van der Waals surface area contributed by atoms with Crippen molar-refractivity contribution in [1.82, 2.24) is 10.4 Å². The maximum atomic E-state index is 11.1. The number of nitrogens with one attached hydrogen (secondary N) is 1. The van der Waals surface area contributed by atoms with Gasteiger partial charge in [0.2, 0.25) is 0 Å². The van der Waals surface area contributed by atoms with Crippen LogP contribution in [0.25, 0.3) is 0 Å². The van der Waals surface area contributed by atoms with Crippen molar-refractivity contribution in [3.8, 4) is 0 Å². The molecule has 0 bridgehead atoms. The monoisotopic (exact) mass is 194 g/mol. The Morgan fingerprint density at radius 1 is 1.57 bits per heavy atom. The molecular formula is C7H10N6O. The highest BCUT2D eigenvalue weighted by atomic mass is 16.2. The fourth-order valence-corrected chi connectivity index (χ4v) is 0.861. The zero-order valence-corrected chi connectivity index (χ0v) is 7.27. The van der Waals surface area contributed by atoms with Gasteiger partial charge in [-0.3, -0.25) is 15.2 Å². The van der Waals surface area contributed by atoms with Gasteiger partial charge < -0.3 is 11.6 Å². The molecule has 0 aromatic carbocycles. The maximum absolute atomic E-state index is 11.1. The van der Waals surface area contributed by atoms with Crippen LogP contribution in [0.3, 0.4) is 0 Å². The van der Waals surface area contributed by atoms with Gasteiger partial charge in [0, 0.05) is 11.8 Å². The number of pyridine rings is 1. The molecule has 7 nitrogen and oxygen atoms in total. The Labute approximate surface area is 79.9 Å². The number of hydrazone groups is 1. The van der Waals surface area contributed by atoms with Gasteiger partial charge in [0.1, 0.15) is 5.69 Å². The molecule has 1 heterocycles. The van der Waals surface area contributed by atoms with Gasteiger partial charge >= 0.3 is 0 Å². The van der Waals surface area contributed by atoms with Gasteiger partial charge in [-0.25, -0.2) is 5.84 Å². The Morgan fingerprint density at radius 3 is 2.86 bits per heavy atom. The van der Waals surface area contributed by atoms with Crippen LogP contribution >= 0.6 is 0 Å². The average Bonchev–Trinajstić information content (AvgIpc) is 2.27. The number of nitrogens with two attached hydrogens (primary N) is 3. The Kier molecular flexibility index (Phi) is 2.97. The van der Waals surface area contributed by atoms with E-state index in [1.165, 1.54) is 18.3 Å². The Morgan fingerprint density at radius 2 is 2.29 bits per heavy atom. The molecule has 0 unspecified atom stereocenters. The summed E-state index contributed by atoms with van der Waals surface area (Å²) in [6.07, 6.45) is 1.41. The summed E-state index contributed by atoms with van der Waals surface area (Å²) in [5.74, 6) is 9.54. The van der Waals surface area contributed by atoms with Gasteiger partial charge in [0.25, 0.3) is 5.91 Å². The van der Waals surface area contributed by atoms with E-state index in [1.807, 2.05) is 5.43 Å². The molecule has 0 aliphatic carbocycles. The number of rotatable bonds is 2. The van der Waals surface area contributed by atoms with Crippen LogP contribution in [0.1, 0.15) is 16.1 Å². The zero-order valence-electron chi connectivity index (χ0n) is 7.27. The van der Waals surface area contributed by atoms with Gasteiger partial charge in [-0.2, -0.15) is 5.10 Å². The smallest absolute Gasteiger partial charge is 0.265 e. The van der Waals surface area contributed by atoms with Crippen LogP contribution in [-0.2, 0) is 0 Å². The van der Waals surface area contributed by atoms with Crippen LogP contribution in [0.15, 0.2) is 23.4 Å². The minimum absolute atomic E-state index is 0.0525. The van der Waals surface area contributed by atoms with Crippen molar-refractivity contribution < 1.29 is 4.79 Å². The number of hydrogen-bond donors (Lipinski definition) is 4. The second-order valence-corrected chi connectivity index (χ2v) is 2.42. The van der Waals surface area contributed by atoms with E-state index < -0.39 is 5.91 Å². The third-order valence-corrected chi connectivity index (χ3v) is 1.55. The molecule has 1 amide bonds. The maximum Gasteiger partial charge on any atom is 0.265 e. The Bertz CT molecular complexity index is 374. The van der Waals surface area contributed by atoms with E-state index >= 15 is 0 Å². The number of hydrazine groups is 1. The van der Waals surface area contributed by atoms with Crippen LogP contribution in [0.2, 0.25) is 0 Å². The van der Waals surface area contributed by atoms with E-state index in [0.29, 0.717) is 11.3 Å². The van der Waals surface area contributed by atoms with Crippen molar-refractivity contribution in [1.29, 1.82) is 0 Å². The molecule has 0 atom stereocenters. The molecule has 7 N–H and O–H groups in total. The standard InChI is InChI=1S/C7H10N6O/c8-6(12-9)5-3-4(1-2-11-5)7(14)13-10/h1-3H,9-10H2,(H2,8,12)(H,13,14). The summed E-state index contributed by atoms with van der Waals surface area (Å²) in [5.41, 5.74) is 8.06. The number of nitrogen functional groups attached to an aromatic ring is 1. The molecule has 0 saturated heterocycles. The third-order valence-electron chi connectivity index (χ3n) is 1.55. The first kappa shape index (κ1) is 9.93. The molecule has 1 aromatic heterocycles. The average molecular weight is 194 g/mol. The number of amides is 1. The first-order valence-electron chi connectivity index (χ1n) is 3.69. The number of carbonyl (C=O) groups excluding carboxylic acids is 1. The summed E-state index contributed by atoms with van der Waals surface area (Å²) < 4.78 is 0. The SMILES string of the molecule is N/N=C(\N)c1cc(C(=O)NN)ccn1. The molecule has 7 heteroatoms. The van der Waals surface area contributed by atoms with Crippen LogP contribution in [0.4, 0.5) is 0 Å². The van der Waals surface area contributed by atoms with Crippen molar-refractivity contribution >= 4 is 11.7 Å². The number of carbonyl (C=O) groups is 1. The lowest BCUT2D eigenvalue weighted by Crippen LogP contribution is -2.30. The van der Waals surface area contributed by atoms with E-state index in [1.54, 1.807) is 0 Å². The molecule has 0 saturated carbocycles. The van der Waals surface area contributed by atoms with E-state index in [0.717, 1.165) is 0 Å². The first-order valence-corrected chi connectivity index (χ1v) is 3.69. The molecule has 1 aromatic rings. The van der Waals surface area contributed by atoms with E-state index in [4.69, 9.17) is 17.4 Å². The van der Waals surface area contributed by atoms with Crippen LogP contribution in [0.5, 0.6) is 0 Å². The molecule has 0 spiro atoms. The summed E-state index contributed by atoms with van der Waals surface area (Å²) in [7, 11) is 0. The summed E-state index contributed by atoms with van der Waals surface area (Å²) in [6.45, 7) is 0. The molecule has 0 fully saturated rings. The highest BCUT2D eigenvalue weighted by molar-refractivity contribution is 5.99. The normalized spacial score (nSPS) is 11.1. The zero-order chi connectivity index (χ0) is 10.6. The quantitative estimate of drug-likeness (QED) is 0.146. The van der Waals surface area contributed by atoms with Crippen LogP contribution in [0, 0.1) is 0 Å². The van der Waals surface area contributed by atoms with Crippen molar-refractivity contribution in [3.05, 3.63) is 29.6 Å². The highest BCUT2D eigenvalue weighted by Gasteiger charge is 2.06. The molecule has 14 heavy (non-hydrogen) atoms. The molecule has 0 aliphatic heterocycles. The van der Waals surface area contributed by atoms with Crippen molar-refractivity contribution in [2.75, 3.05) is 0 Å². The molecule has 74 valence electrons. The highest BCUT2D eigenvalue weighted by Crippen LogP contribution is 2.00. The summed E-state index contributed by atoms with van der Waals surface area (Å²) in [4.78, 5) is 15.0. The number of hydrogen-bond acceptors (Lipinski definition) is 5. The predicted octanol–water partition coefficient (Wildman–Crippen LogP) is -1.74. The van der Waals surface area contributed by atoms with Gasteiger partial charge in [0.15, 0.2) is 5.84 Å². The lowest BCUT2D eigenvalue weighted by atomic mass is 10.2. The van der Waals surface area contributed by atoms with Crippen LogP contribution in [-0.4, -0.2) is 16.7 Å². The summed E-state index contributed by atoms with van der Waals surface area (Å²) in [5, 5.41) is 3.25. The van der Waals surface area contributed by atoms with Gasteiger partial charge in [-0.1, -0.05) is 0 Å². The molecule has 0 aliphatic rings. The summed E-state index contributed by atoms with van der Waals surface area (Å²) in [6, 6.07) is 2.93. The molecular weight excluding hydrogens is 184 g/mol. The lowest BCUT2D eigenvalue weighted by Gasteiger charge is -2.01. The second-order valence-electron chi connectivity index (χ2n) is 2.42. The lowest BCUT2D eigenvalue weighted by molar-refractivity contribution is 0.0953. The van der Waals surface area contributed by atoms with Crippen molar-refractivity contribution in [2.24, 2.45) is 22.5 Å².